The summed E-state index contributed by atoms with van der Waals surface area (Å²) in [5.74, 6) is 1.48. The lowest BCUT2D eigenvalue weighted by Gasteiger charge is -2.14. The summed E-state index contributed by atoms with van der Waals surface area (Å²) in [6, 6.07) is 13.6. The SMILES string of the molecule is CCOc1cc(CNCCNC[C@H](C)O)ccc1OCc1ccc(Cl)cc1. The first-order valence-corrected chi connectivity index (χ1v) is 9.68. The van der Waals surface area contributed by atoms with Crippen LogP contribution in [-0.4, -0.2) is 37.5 Å². The van der Waals surface area contributed by atoms with Crippen LogP contribution in [0.2, 0.25) is 5.02 Å². The van der Waals surface area contributed by atoms with Crippen molar-refractivity contribution in [2.75, 3.05) is 26.2 Å². The third-order valence-corrected chi connectivity index (χ3v) is 4.11. The molecule has 0 aliphatic heterocycles. The Morgan fingerprint density at radius 3 is 2.37 bits per heavy atom. The van der Waals surface area contributed by atoms with Crippen molar-refractivity contribution in [1.29, 1.82) is 0 Å². The van der Waals surface area contributed by atoms with Gasteiger partial charge in [-0.1, -0.05) is 29.8 Å². The van der Waals surface area contributed by atoms with Crippen molar-refractivity contribution < 1.29 is 14.6 Å². The second kappa shape index (κ2) is 11.8. The van der Waals surface area contributed by atoms with E-state index >= 15 is 0 Å². The van der Waals surface area contributed by atoms with Crippen molar-refractivity contribution >= 4 is 11.6 Å². The first-order chi connectivity index (χ1) is 13.1. The lowest BCUT2D eigenvalue weighted by molar-refractivity contribution is 0.191. The van der Waals surface area contributed by atoms with Gasteiger partial charge in [-0.2, -0.15) is 0 Å². The molecule has 0 aliphatic carbocycles. The van der Waals surface area contributed by atoms with Gasteiger partial charge in [-0.25, -0.2) is 0 Å². The van der Waals surface area contributed by atoms with Crippen molar-refractivity contribution in [1.82, 2.24) is 10.6 Å². The second-order valence-electron chi connectivity index (χ2n) is 6.36. The molecule has 0 aliphatic rings. The van der Waals surface area contributed by atoms with Gasteiger partial charge >= 0.3 is 0 Å². The van der Waals surface area contributed by atoms with Crippen molar-refractivity contribution in [3.8, 4) is 11.5 Å². The zero-order valence-corrected chi connectivity index (χ0v) is 16.8. The van der Waals surface area contributed by atoms with E-state index in [1.165, 1.54) is 0 Å². The molecule has 3 N–H and O–H groups in total. The standard InChI is InChI=1S/C21H29ClN2O3/c1-3-26-21-12-18(14-24-11-10-23-13-16(2)25)6-9-20(21)27-15-17-4-7-19(22)8-5-17/h4-9,12,16,23-25H,3,10-11,13-15H2,1-2H3/t16-/m0/s1. The molecule has 2 rings (SSSR count). The predicted molar refractivity (Wildman–Crippen MR) is 110 cm³/mol. The Hall–Kier alpha value is -1.79. The van der Waals surface area contributed by atoms with E-state index in [1.54, 1.807) is 6.92 Å². The minimum absolute atomic E-state index is 0.320. The minimum atomic E-state index is -0.320. The molecule has 0 bridgehead atoms. The molecule has 27 heavy (non-hydrogen) atoms. The summed E-state index contributed by atoms with van der Waals surface area (Å²) in [6.07, 6.45) is -0.320. The predicted octanol–water partition coefficient (Wildman–Crippen LogP) is 3.38. The molecule has 0 spiro atoms. The summed E-state index contributed by atoms with van der Waals surface area (Å²) < 4.78 is 11.7. The van der Waals surface area contributed by atoms with Gasteiger partial charge in [0.05, 0.1) is 12.7 Å². The van der Waals surface area contributed by atoms with Crippen LogP contribution in [-0.2, 0) is 13.2 Å². The highest BCUT2D eigenvalue weighted by atomic mass is 35.5. The summed E-state index contributed by atoms with van der Waals surface area (Å²) in [4.78, 5) is 0. The highest BCUT2D eigenvalue weighted by molar-refractivity contribution is 6.30. The maximum absolute atomic E-state index is 9.21. The molecule has 148 valence electrons. The van der Waals surface area contributed by atoms with Gasteiger partial charge in [0.2, 0.25) is 0 Å². The number of rotatable bonds is 12. The lowest BCUT2D eigenvalue weighted by atomic mass is 10.2. The summed E-state index contributed by atoms with van der Waals surface area (Å²) >= 11 is 5.91. The van der Waals surface area contributed by atoms with Gasteiger partial charge in [0.25, 0.3) is 0 Å². The molecule has 0 radical (unpaired) electrons. The topological polar surface area (TPSA) is 62.8 Å². The Morgan fingerprint density at radius 1 is 0.963 bits per heavy atom. The molecule has 2 aromatic carbocycles. The van der Waals surface area contributed by atoms with E-state index in [9.17, 15) is 5.11 Å². The quantitative estimate of drug-likeness (QED) is 0.483. The Kier molecular flexibility index (Phi) is 9.42. The molecular formula is C21H29ClN2O3. The maximum atomic E-state index is 9.21. The van der Waals surface area contributed by atoms with E-state index < -0.39 is 0 Å². The molecule has 0 saturated heterocycles. The van der Waals surface area contributed by atoms with Gasteiger partial charge in [-0.05, 0) is 49.2 Å². The monoisotopic (exact) mass is 392 g/mol. The highest BCUT2D eigenvalue weighted by Gasteiger charge is 2.07. The number of ether oxygens (including phenoxy) is 2. The van der Waals surface area contributed by atoms with Gasteiger partial charge in [0, 0.05) is 31.2 Å². The van der Waals surface area contributed by atoms with Crippen molar-refractivity contribution in [3.63, 3.8) is 0 Å². The Bertz CT molecular complexity index is 678. The first-order valence-electron chi connectivity index (χ1n) is 9.31. The zero-order chi connectivity index (χ0) is 19.5. The first kappa shape index (κ1) is 21.5. The molecule has 0 fully saturated rings. The zero-order valence-electron chi connectivity index (χ0n) is 16.0. The van der Waals surface area contributed by atoms with Crippen molar-refractivity contribution in [3.05, 3.63) is 58.6 Å². The largest absolute Gasteiger partial charge is 0.490 e. The Balaban J connectivity index is 1.86. The van der Waals surface area contributed by atoms with Gasteiger partial charge in [-0.3, -0.25) is 0 Å². The van der Waals surface area contributed by atoms with Crippen LogP contribution in [0.1, 0.15) is 25.0 Å². The number of halogens is 1. The maximum Gasteiger partial charge on any atom is 0.161 e. The second-order valence-corrected chi connectivity index (χ2v) is 6.80. The fourth-order valence-corrected chi connectivity index (χ4v) is 2.64. The molecule has 0 saturated carbocycles. The van der Waals surface area contributed by atoms with Crippen LogP contribution in [0.25, 0.3) is 0 Å². The van der Waals surface area contributed by atoms with Crippen molar-refractivity contribution in [2.24, 2.45) is 0 Å². The molecule has 2 aromatic rings. The summed E-state index contributed by atoms with van der Waals surface area (Å²) in [5.41, 5.74) is 2.19. The summed E-state index contributed by atoms with van der Waals surface area (Å²) in [7, 11) is 0. The van der Waals surface area contributed by atoms with E-state index in [1.807, 2.05) is 49.4 Å². The highest BCUT2D eigenvalue weighted by Crippen LogP contribution is 2.29. The molecule has 0 aromatic heterocycles. The molecular weight excluding hydrogens is 364 g/mol. The van der Waals surface area contributed by atoms with Crippen LogP contribution >= 0.6 is 11.6 Å². The fraction of sp³-hybridized carbons (Fsp3) is 0.429. The number of hydrogen-bond acceptors (Lipinski definition) is 5. The van der Waals surface area contributed by atoms with E-state index in [2.05, 4.69) is 10.6 Å². The van der Waals surface area contributed by atoms with Crippen LogP contribution in [0.3, 0.4) is 0 Å². The summed E-state index contributed by atoms with van der Waals surface area (Å²) in [5, 5.41) is 16.5. The Morgan fingerprint density at radius 2 is 1.67 bits per heavy atom. The van der Waals surface area contributed by atoms with E-state index in [-0.39, 0.29) is 6.10 Å². The number of aliphatic hydroxyl groups is 1. The van der Waals surface area contributed by atoms with Crippen LogP contribution in [0.15, 0.2) is 42.5 Å². The van der Waals surface area contributed by atoms with Gasteiger partial charge in [0.15, 0.2) is 11.5 Å². The number of benzene rings is 2. The van der Waals surface area contributed by atoms with E-state index in [0.29, 0.717) is 24.8 Å². The molecule has 1 atom stereocenters. The van der Waals surface area contributed by atoms with Gasteiger partial charge in [-0.15, -0.1) is 0 Å². The number of aliphatic hydroxyl groups excluding tert-OH is 1. The number of nitrogens with one attached hydrogen (secondary N) is 2. The fourth-order valence-electron chi connectivity index (χ4n) is 2.51. The third kappa shape index (κ3) is 8.18. The summed E-state index contributed by atoms with van der Waals surface area (Å²) in [6.45, 7) is 7.76. The number of hydrogen-bond donors (Lipinski definition) is 3. The van der Waals surface area contributed by atoms with Crippen LogP contribution in [0.5, 0.6) is 11.5 Å². The molecule has 5 nitrogen and oxygen atoms in total. The third-order valence-electron chi connectivity index (χ3n) is 3.86. The van der Waals surface area contributed by atoms with Crippen LogP contribution in [0, 0.1) is 0 Å². The van der Waals surface area contributed by atoms with E-state index in [4.69, 9.17) is 21.1 Å². The average Bonchev–Trinajstić information content (AvgIpc) is 2.65. The van der Waals surface area contributed by atoms with E-state index in [0.717, 1.165) is 42.3 Å². The molecule has 6 heteroatoms. The van der Waals surface area contributed by atoms with Gasteiger partial charge < -0.3 is 25.2 Å². The molecule has 0 amide bonds. The van der Waals surface area contributed by atoms with Crippen molar-refractivity contribution in [2.45, 2.75) is 33.1 Å². The smallest absolute Gasteiger partial charge is 0.161 e. The van der Waals surface area contributed by atoms with Crippen LogP contribution in [0.4, 0.5) is 0 Å². The van der Waals surface area contributed by atoms with Gasteiger partial charge in [0.1, 0.15) is 6.61 Å². The van der Waals surface area contributed by atoms with Crippen LogP contribution < -0.4 is 20.1 Å². The normalized spacial score (nSPS) is 12.0. The molecule has 0 unspecified atom stereocenters. The molecule has 0 heterocycles. The average molecular weight is 393 g/mol. The minimum Gasteiger partial charge on any atom is -0.490 e. The Labute approximate surface area is 166 Å². The lowest BCUT2D eigenvalue weighted by Crippen LogP contribution is -2.31.